The number of aryl methyl sites for hydroxylation is 1. The fraction of sp³-hybridized carbons (Fsp3) is 0.250. The minimum Gasteiger partial charge on any atom is -0.484 e. The van der Waals surface area contributed by atoms with E-state index < -0.39 is 0 Å². The Bertz CT molecular complexity index is 1330. The summed E-state index contributed by atoms with van der Waals surface area (Å²) in [5, 5.41) is 7.97. The van der Waals surface area contributed by atoms with E-state index in [1.54, 1.807) is 23.1 Å². The average Bonchev–Trinajstić information content (AvgIpc) is 3.50. The van der Waals surface area contributed by atoms with Crippen LogP contribution in [0.25, 0.3) is 16.7 Å². The minimum absolute atomic E-state index is 0.137. The Labute approximate surface area is 183 Å². The first-order valence-electron chi connectivity index (χ1n) is 10.5. The number of rotatable bonds is 6. The highest BCUT2D eigenvalue weighted by Crippen LogP contribution is 2.29. The molecule has 1 aliphatic rings. The van der Waals surface area contributed by atoms with Crippen LogP contribution < -0.4 is 15.7 Å². The number of aromatic nitrogens is 3. The number of ether oxygens (including phenoxy) is 1. The zero-order valence-corrected chi connectivity index (χ0v) is 17.6. The summed E-state index contributed by atoms with van der Waals surface area (Å²) < 4.78 is 12.8. The van der Waals surface area contributed by atoms with Crippen molar-refractivity contribution in [3.05, 3.63) is 82.2 Å². The normalized spacial score (nSPS) is 13.7. The molecule has 162 valence electrons. The molecule has 8 nitrogen and oxygen atoms in total. The highest BCUT2D eigenvalue weighted by Gasteiger charge is 2.20. The van der Waals surface area contributed by atoms with Crippen LogP contribution in [-0.2, 0) is 17.6 Å². The summed E-state index contributed by atoms with van der Waals surface area (Å²) in [6.07, 6.45) is 5.74. The second kappa shape index (κ2) is 8.30. The predicted molar refractivity (Wildman–Crippen MR) is 118 cm³/mol. The first-order valence-corrected chi connectivity index (χ1v) is 10.5. The van der Waals surface area contributed by atoms with Gasteiger partial charge in [0.1, 0.15) is 24.0 Å². The number of hydrogen-bond donors (Lipinski definition) is 1. The number of nitrogens with zero attached hydrogens (tertiary/aromatic N) is 3. The molecule has 0 unspecified atom stereocenters. The molecule has 2 aromatic carbocycles. The summed E-state index contributed by atoms with van der Waals surface area (Å²) in [5.74, 6) is 0.243. The van der Waals surface area contributed by atoms with Gasteiger partial charge in [0.25, 0.3) is 5.91 Å². The number of amides is 1. The van der Waals surface area contributed by atoms with E-state index >= 15 is 0 Å². The van der Waals surface area contributed by atoms with Crippen LogP contribution in [0.3, 0.4) is 0 Å². The topological polar surface area (TPSA) is 99.2 Å². The van der Waals surface area contributed by atoms with Crippen LogP contribution in [0, 0.1) is 0 Å². The quantitative estimate of drug-likeness (QED) is 0.472. The van der Waals surface area contributed by atoms with Crippen LogP contribution in [-0.4, -0.2) is 27.3 Å². The van der Waals surface area contributed by atoms with Crippen LogP contribution in [0.4, 0.5) is 0 Å². The number of nitrogens with one attached hydrogen (secondary N) is 1. The Morgan fingerprint density at radius 3 is 2.78 bits per heavy atom. The van der Waals surface area contributed by atoms with Gasteiger partial charge < -0.3 is 14.5 Å². The summed E-state index contributed by atoms with van der Waals surface area (Å²) >= 11 is 0. The minimum atomic E-state index is -0.274. The van der Waals surface area contributed by atoms with Crippen molar-refractivity contribution in [3.63, 3.8) is 0 Å². The molecule has 4 aromatic rings. The van der Waals surface area contributed by atoms with Crippen molar-refractivity contribution >= 4 is 16.9 Å². The molecule has 5 rings (SSSR count). The van der Waals surface area contributed by atoms with Crippen LogP contribution in [0.5, 0.6) is 5.75 Å². The summed E-state index contributed by atoms with van der Waals surface area (Å²) in [6.45, 7) is 1.77. The van der Waals surface area contributed by atoms with Gasteiger partial charge in [0.05, 0.1) is 11.7 Å². The molecular formula is C24H22N4O4. The molecule has 1 N–H and O–H groups in total. The Kier molecular flexibility index (Phi) is 5.18. The van der Waals surface area contributed by atoms with E-state index in [4.69, 9.17) is 9.15 Å². The molecule has 2 heterocycles. The fourth-order valence-electron chi connectivity index (χ4n) is 4.13. The smallest absolute Gasteiger partial charge is 0.339 e. The molecule has 1 amide bonds. The zero-order valence-electron chi connectivity index (χ0n) is 17.6. The monoisotopic (exact) mass is 430 g/mol. The SMILES string of the molecule is C[C@H](NC(=O)COc1ccc2c3c(c(=O)oc2c1)CCC3)c1ccc(-n2cncn2)cc1. The van der Waals surface area contributed by atoms with E-state index in [0.29, 0.717) is 11.3 Å². The average molecular weight is 430 g/mol. The second-order valence-corrected chi connectivity index (χ2v) is 7.87. The molecule has 0 saturated carbocycles. The van der Waals surface area contributed by atoms with Gasteiger partial charge in [-0.05, 0) is 61.6 Å². The van der Waals surface area contributed by atoms with Crippen molar-refractivity contribution in [1.29, 1.82) is 0 Å². The van der Waals surface area contributed by atoms with Crippen molar-refractivity contribution in [2.24, 2.45) is 0 Å². The lowest BCUT2D eigenvalue weighted by Crippen LogP contribution is -2.31. The summed E-state index contributed by atoms with van der Waals surface area (Å²) in [4.78, 5) is 28.5. The van der Waals surface area contributed by atoms with E-state index in [0.717, 1.165) is 47.0 Å². The fourth-order valence-corrected chi connectivity index (χ4v) is 4.13. The summed E-state index contributed by atoms with van der Waals surface area (Å²) in [5.41, 5.74) is 3.93. The lowest BCUT2D eigenvalue weighted by atomic mass is 10.1. The third kappa shape index (κ3) is 3.87. The van der Waals surface area contributed by atoms with Crippen LogP contribution >= 0.6 is 0 Å². The Hall–Kier alpha value is -3.94. The maximum atomic E-state index is 12.4. The standard InChI is InChI=1S/C24H22N4O4/c1-15(16-5-7-17(8-6-16)28-14-25-13-26-28)27-23(29)12-31-18-9-10-20-19-3-2-4-21(19)24(30)32-22(20)11-18/h5-11,13-15H,2-4,12H2,1H3,(H,27,29)/t15-/m0/s1. The second-order valence-electron chi connectivity index (χ2n) is 7.87. The number of hydrogen-bond acceptors (Lipinski definition) is 6. The van der Waals surface area contributed by atoms with E-state index in [1.165, 1.54) is 6.33 Å². The molecular weight excluding hydrogens is 408 g/mol. The number of fused-ring (bicyclic) bond motifs is 3. The number of carbonyl (C=O) groups excluding carboxylic acids is 1. The van der Waals surface area contributed by atoms with Crippen LogP contribution in [0.15, 0.2) is 64.3 Å². The molecule has 1 aliphatic carbocycles. The molecule has 0 saturated heterocycles. The van der Waals surface area contributed by atoms with Crippen LogP contribution in [0.1, 0.15) is 36.1 Å². The first kappa shape index (κ1) is 20.0. The molecule has 0 bridgehead atoms. The Morgan fingerprint density at radius 1 is 1.19 bits per heavy atom. The van der Waals surface area contributed by atoms with Gasteiger partial charge in [-0.2, -0.15) is 5.10 Å². The predicted octanol–water partition coefficient (Wildman–Crippen LogP) is 3.12. The van der Waals surface area contributed by atoms with Gasteiger partial charge in [0, 0.05) is 17.0 Å². The van der Waals surface area contributed by atoms with Crippen molar-refractivity contribution in [3.8, 4) is 11.4 Å². The lowest BCUT2D eigenvalue weighted by molar-refractivity contribution is -0.123. The third-order valence-electron chi connectivity index (χ3n) is 5.77. The molecule has 0 aliphatic heterocycles. The first-order chi connectivity index (χ1) is 15.6. The Balaban J connectivity index is 1.21. The van der Waals surface area contributed by atoms with Gasteiger partial charge in [0.15, 0.2) is 6.61 Å². The molecule has 0 radical (unpaired) electrons. The summed E-state index contributed by atoms with van der Waals surface area (Å²) in [6, 6.07) is 12.9. The van der Waals surface area contributed by atoms with E-state index in [2.05, 4.69) is 15.4 Å². The van der Waals surface area contributed by atoms with Crippen molar-refractivity contribution in [1.82, 2.24) is 20.1 Å². The lowest BCUT2D eigenvalue weighted by Gasteiger charge is -2.15. The van der Waals surface area contributed by atoms with Crippen LogP contribution in [0.2, 0.25) is 0 Å². The van der Waals surface area contributed by atoms with Crippen molar-refractivity contribution in [2.75, 3.05) is 6.61 Å². The molecule has 2 aromatic heterocycles. The number of carbonyl (C=O) groups is 1. The molecule has 0 fully saturated rings. The van der Waals surface area contributed by atoms with E-state index in [1.807, 2.05) is 37.3 Å². The zero-order chi connectivity index (χ0) is 22.1. The third-order valence-corrected chi connectivity index (χ3v) is 5.77. The molecule has 32 heavy (non-hydrogen) atoms. The highest BCUT2D eigenvalue weighted by molar-refractivity contribution is 5.83. The van der Waals surface area contributed by atoms with Gasteiger partial charge in [0.2, 0.25) is 0 Å². The highest BCUT2D eigenvalue weighted by atomic mass is 16.5. The summed E-state index contributed by atoms with van der Waals surface area (Å²) in [7, 11) is 0. The van der Waals surface area contributed by atoms with Gasteiger partial charge in [-0.1, -0.05) is 12.1 Å². The van der Waals surface area contributed by atoms with Gasteiger partial charge >= 0.3 is 5.63 Å². The maximum absolute atomic E-state index is 12.4. The molecule has 0 spiro atoms. The van der Waals surface area contributed by atoms with Gasteiger partial charge in [-0.25, -0.2) is 14.5 Å². The van der Waals surface area contributed by atoms with Gasteiger partial charge in [-0.3, -0.25) is 4.79 Å². The largest absolute Gasteiger partial charge is 0.484 e. The van der Waals surface area contributed by atoms with E-state index in [-0.39, 0.29) is 24.2 Å². The number of benzene rings is 2. The van der Waals surface area contributed by atoms with Crippen molar-refractivity contribution < 1.29 is 13.9 Å². The molecule has 1 atom stereocenters. The van der Waals surface area contributed by atoms with Gasteiger partial charge in [-0.15, -0.1) is 0 Å². The maximum Gasteiger partial charge on any atom is 0.339 e. The molecule has 8 heteroatoms. The Morgan fingerprint density at radius 2 is 2.00 bits per heavy atom. The van der Waals surface area contributed by atoms with Crippen molar-refractivity contribution in [2.45, 2.75) is 32.2 Å². The van der Waals surface area contributed by atoms with E-state index in [9.17, 15) is 9.59 Å².